The normalized spacial score (nSPS) is 18.0. The van der Waals surface area contributed by atoms with E-state index in [2.05, 4.69) is 10.3 Å². The van der Waals surface area contributed by atoms with E-state index in [4.69, 9.17) is 9.47 Å². The molecule has 0 fully saturated rings. The topological polar surface area (TPSA) is 118 Å². The Morgan fingerprint density at radius 3 is 2.82 bits per heavy atom. The lowest BCUT2D eigenvalue weighted by Gasteiger charge is -2.13. The summed E-state index contributed by atoms with van der Waals surface area (Å²) < 4.78 is 11.0. The van der Waals surface area contributed by atoms with Crippen molar-refractivity contribution in [1.82, 2.24) is 4.98 Å². The van der Waals surface area contributed by atoms with Gasteiger partial charge in [-0.25, -0.2) is 9.78 Å². The molecule has 0 amide bonds. The number of aromatic hydroxyl groups is 1. The largest absolute Gasteiger partial charge is 0.507 e. The van der Waals surface area contributed by atoms with E-state index in [-0.39, 0.29) is 30.1 Å². The van der Waals surface area contributed by atoms with Crippen molar-refractivity contribution in [2.24, 2.45) is 0 Å². The Morgan fingerprint density at radius 1 is 1.15 bits per heavy atom. The molecule has 33 heavy (non-hydrogen) atoms. The Labute approximate surface area is 192 Å². The number of ketones is 1. The number of carbonyl (C=O) groups excluding carboxylic acids is 2. The minimum absolute atomic E-state index is 0.0445. The zero-order valence-corrected chi connectivity index (χ0v) is 18.3. The number of nitrogens with zero attached hydrogens (tertiary/aromatic N) is 1. The predicted octanol–water partition coefficient (Wildman–Crippen LogP) is 3.51. The van der Waals surface area contributed by atoms with Crippen molar-refractivity contribution in [3.63, 3.8) is 0 Å². The van der Waals surface area contributed by atoms with Crippen LogP contribution in [0, 0.1) is 0 Å². The quantitative estimate of drug-likeness (QED) is 0.450. The number of fused-ring (bicyclic) bond motifs is 1. The first kappa shape index (κ1) is 24.0. The number of aromatic nitrogens is 1. The number of ether oxygens (including phenoxy) is 2. The fourth-order valence-corrected chi connectivity index (χ4v) is 3.21. The molecule has 1 aromatic heterocycles. The van der Waals surface area contributed by atoms with E-state index in [1.807, 2.05) is 18.2 Å². The molecule has 0 aliphatic carbocycles. The van der Waals surface area contributed by atoms with Gasteiger partial charge in [-0.15, -0.1) is 0 Å². The van der Waals surface area contributed by atoms with Gasteiger partial charge in [-0.3, -0.25) is 4.79 Å². The Hall–Kier alpha value is -3.65. The van der Waals surface area contributed by atoms with Crippen LogP contribution in [0.3, 0.4) is 0 Å². The maximum Gasteiger partial charge on any atom is 0.342 e. The molecule has 2 aromatic rings. The van der Waals surface area contributed by atoms with Gasteiger partial charge >= 0.3 is 5.97 Å². The fraction of sp³-hybridized carbons (Fsp3) is 0.320. The molecule has 0 spiro atoms. The smallest absolute Gasteiger partial charge is 0.342 e. The molecular weight excluding hydrogens is 424 g/mol. The van der Waals surface area contributed by atoms with Gasteiger partial charge in [0.05, 0.1) is 13.2 Å². The van der Waals surface area contributed by atoms with Crippen molar-refractivity contribution in [1.29, 1.82) is 0 Å². The van der Waals surface area contributed by atoms with E-state index >= 15 is 0 Å². The Morgan fingerprint density at radius 2 is 2.00 bits per heavy atom. The molecule has 0 radical (unpaired) electrons. The molecule has 8 nitrogen and oxygen atoms in total. The van der Waals surface area contributed by atoms with Gasteiger partial charge in [0.15, 0.2) is 5.78 Å². The lowest BCUT2D eigenvalue weighted by molar-refractivity contribution is -0.122. The minimum Gasteiger partial charge on any atom is -0.507 e. The lowest BCUT2D eigenvalue weighted by atomic mass is 10.0. The van der Waals surface area contributed by atoms with Crippen molar-refractivity contribution in [2.75, 3.05) is 25.1 Å². The van der Waals surface area contributed by atoms with Gasteiger partial charge in [0, 0.05) is 18.8 Å². The summed E-state index contributed by atoms with van der Waals surface area (Å²) >= 11 is 0. The van der Waals surface area contributed by atoms with Crippen LogP contribution >= 0.6 is 0 Å². The maximum atomic E-state index is 12.6. The summed E-state index contributed by atoms with van der Waals surface area (Å²) in [5, 5.41) is 23.6. The molecule has 0 bridgehead atoms. The number of aliphatic hydroxyl groups excluding tert-OH is 1. The third-order valence-corrected chi connectivity index (χ3v) is 4.92. The average Bonchev–Trinajstić information content (AvgIpc) is 2.81. The highest BCUT2D eigenvalue weighted by Gasteiger charge is 2.19. The summed E-state index contributed by atoms with van der Waals surface area (Å²) in [4.78, 5) is 28.6. The van der Waals surface area contributed by atoms with E-state index < -0.39 is 12.1 Å². The predicted molar refractivity (Wildman–Crippen MR) is 124 cm³/mol. The van der Waals surface area contributed by atoms with Gasteiger partial charge in [0.2, 0.25) is 0 Å². The first-order valence-electron chi connectivity index (χ1n) is 10.9. The molecule has 8 heteroatoms. The molecule has 0 saturated heterocycles. The van der Waals surface area contributed by atoms with Crippen LogP contribution < -0.4 is 10.1 Å². The number of pyridine rings is 1. The summed E-state index contributed by atoms with van der Waals surface area (Å²) in [6.07, 6.45) is 8.57. The standard InChI is InChI=1S/C25H28N2O6/c28-20-9-2-1-8-18-16-19(32-15-7-13-27-23-11-3-5-12-26-23)17-22(30)24(18)25(31)33-14-6-4-10-21(20)29/h1,3-5,8,10-12,16-17,20,28,30H,2,6-7,9,13-15H2,(H,26,27)/b8-1+,10-4?/t20-/m0/s1. The van der Waals surface area contributed by atoms with E-state index in [0.29, 0.717) is 43.7 Å². The number of hydrogen-bond donors (Lipinski definition) is 3. The van der Waals surface area contributed by atoms with Crippen molar-refractivity contribution >= 4 is 23.6 Å². The number of nitrogens with one attached hydrogen (secondary N) is 1. The van der Waals surface area contributed by atoms with Gasteiger partial charge in [-0.2, -0.15) is 0 Å². The second-order valence-corrected chi connectivity index (χ2v) is 7.48. The second kappa shape index (κ2) is 12.4. The lowest BCUT2D eigenvalue weighted by Crippen LogP contribution is -2.17. The average molecular weight is 453 g/mol. The molecule has 1 aliphatic rings. The van der Waals surface area contributed by atoms with Crippen LogP contribution in [0.2, 0.25) is 0 Å². The Bertz CT molecular complexity index is 1000. The number of phenolic OH excluding ortho intramolecular Hbond substituents is 1. The number of esters is 1. The summed E-state index contributed by atoms with van der Waals surface area (Å²) in [6, 6.07) is 8.68. The number of rotatable bonds is 6. The second-order valence-electron chi connectivity index (χ2n) is 7.48. The number of hydrogen-bond acceptors (Lipinski definition) is 8. The van der Waals surface area contributed by atoms with Crippen molar-refractivity contribution in [3.8, 4) is 11.5 Å². The molecule has 3 rings (SSSR count). The number of phenols is 1. The molecule has 1 atom stereocenters. The van der Waals surface area contributed by atoms with Crippen LogP contribution in [0.4, 0.5) is 5.82 Å². The Kier molecular flexibility index (Phi) is 9.02. The number of aliphatic hydroxyl groups is 1. The molecule has 1 aliphatic heterocycles. The third kappa shape index (κ3) is 7.47. The Balaban J connectivity index is 1.67. The van der Waals surface area contributed by atoms with Crippen molar-refractivity contribution in [3.05, 3.63) is 65.9 Å². The van der Waals surface area contributed by atoms with Gasteiger partial charge in [0.1, 0.15) is 29.0 Å². The molecule has 1 aromatic carbocycles. The van der Waals surface area contributed by atoms with E-state index in [0.717, 1.165) is 5.82 Å². The molecule has 3 N–H and O–H groups in total. The summed E-state index contributed by atoms with van der Waals surface area (Å²) in [5.41, 5.74) is 0.489. The summed E-state index contributed by atoms with van der Waals surface area (Å²) in [5.74, 6) is -0.0667. The molecule has 2 heterocycles. The summed E-state index contributed by atoms with van der Waals surface area (Å²) in [7, 11) is 0. The van der Waals surface area contributed by atoms with Crippen LogP contribution in [0.15, 0.2) is 54.8 Å². The van der Waals surface area contributed by atoms with E-state index in [9.17, 15) is 19.8 Å². The highest BCUT2D eigenvalue weighted by atomic mass is 16.5. The summed E-state index contributed by atoms with van der Waals surface area (Å²) in [6.45, 7) is 1.10. The number of carbonyl (C=O) groups is 2. The number of benzene rings is 1. The zero-order valence-electron chi connectivity index (χ0n) is 18.3. The highest BCUT2D eigenvalue weighted by molar-refractivity contribution is 5.97. The zero-order chi connectivity index (χ0) is 23.5. The van der Waals surface area contributed by atoms with Crippen LogP contribution in [-0.4, -0.2) is 52.8 Å². The highest BCUT2D eigenvalue weighted by Crippen LogP contribution is 2.30. The maximum absolute atomic E-state index is 12.6. The first-order chi connectivity index (χ1) is 16.0. The number of cyclic esters (lactones) is 1. The third-order valence-electron chi connectivity index (χ3n) is 4.92. The van der Waals surface area contributed by atoms with Crippen LogP contribution in [0.5, 0.6) is 11.5 Å². The minimum atomic E-state index is -1.08. The molecule has 174 valence electrons. The fourth-order valence-electron chi connectivity index (χ4n) is 3.21. The number of anilines is 1. The van der Waals surface area contributed by atoms with Gasteiger partial charge in [0.25, 0.3) is 0 Å². The van der Waals surface area contributed by atoms with E-state index in [1.165, 1.54) is 12.1 Å². The molecule has 0 saturated carbocycles. The van der Waals surface area contributed by atoms with Crippen molar-refractivity contribution in [2.45, 2.75) is 31.8 Å². The van der Waals surface area contributed by atoms with Gasteiger partial charge in [-0.1, -0.05) is 24.3 Å². The molecule has 0 unspecified atom stereocenters. The van der Waals surface area contributed by atoms with Crippen LogP contribution in [0.25, 0.3) is 6.08 Å². The monoisotopic (exact) mass is 452 g/mol. The number of allylic oxidation sites excluding steroid dienone is 1. The molecular formula is C25H28N2O6. The first-order valence-corrected chi connectivity index (χ1v) is 10.9. The van der Waals surface area contributed by atoms with Gasteiger partial charge in [-0.05, 0) is 55.5 Å². The van der Waals surface area contributed by atoms with Gasteiger partial charge < -0.3 is 25.0 Å². The van der Waals surface area contributed by atoms with Crippen LogP contribution in [0.1, 0.15) is 41.6 Å². The van der Waals surface area contributed by atoms with E-state index in [1.54, 1.807) is 30.5 Å². The SMILES string of the molecule is O=C1OCCC=CC(=O)[C@@H](O)CC/C=C/c2cc(OCCCNc3ccccn3)cc(O)c21. The van der Waals surface area contributed by atoms with Crippen molar-refractivity contribution < 1.29 is 29.3 Å². The van der Waals surface area contributed by atoms with Crippen LogP contribution in [-0.2, 0) is 9.53 Å².